The summed E-state index contributed by atoms with van der Waals surface area (Å²) >= 11 is 0. The van der Waals surface area contributed by atoms with Crippen LogP contribution in [0.15, 0.2) is 0 Å². The third-order valence-electron chi connectivity index (χ3n) is 17.2. The second-order valence-corrected chi connectivity index (χ2v) is 30.9. The van der Waals surface area contributed by atoms with E-state index in [1.54, 1.807) is 0 Å². The smallest absolute Gasteiger partial charge is 0.462 e. The highest BCUT2D eigenvalue weighted by atomic mass is 31.2. The Balaban J connectivity index is 5.25. The number of aliphatic hydroxyl groups excluding tert-OH is 1. The van der Waals surface area contributed by atoms with E-state index in [9.17, 15) is 43.2 Å². The van der Waals surface area contributed by atoms with E-state index in [0.717, 1.165) is 114 Å². The van der Waals surface area contributed by atoms with E-state index >= 15 is 0 Å². The van der Waals surface area contributed by atoms with Crippen LogP contribution in [0.5, 0.6) is 0 Å². The number of phosphoric ester groups is 2. The molecule has 92 heavy (non-hydrogen) atoms. The van der Waals surface area contributed by atoms with Crippen molar-refractivity contribution in [3.63, 3.8) is 0 Å². The molecule has 17 nitrogen and oxygen atoms in total. The number of carbonyl (C=O) groups excluding carboxylic acids is 4. The first-order valence-corrected chi connectivity index (χ1v) is 40.7. The molecular weight excluding hydrogens is 1210 g/mol. The minimum absolute atomic E-state index is 0.105. The predicted molar refractivity (Wildman–Crippen MR) is 372 cm³/mol. The summed E-state index contributed by atoms with van der Waals surface area (Å²) in [6, 6.07) is 0. The molecule has 19 heteroatoms. The number of rotatable bonds is 70. The van der Waals surface area contributed by atoms with Gasteiger partial charge >= 0.3 is 39.5 Å². The Kier molecular flexibility index (Phi) is 61.3. The standard InChI is InChI=1S/C73H142O17P2/c1-9-66(8)52-44-36-28-22-23-29-37-45-53-70(75)83-59-68(89-72(77)55-47-39-30-20-15-13-11-10-12-14-18-25-33-41-49-63(2)3)61-87-91(79,80)85-57-67(74)58-86-92(81,82)88-62-69(60-84-71(76)54-46-38-32-24-27-35-43-51-65(6)7)90-73(78)56-48-40-31-21-17-16-19-26-34-42-50-64(4)5/h63-69,74H,9-62H2,1-8H3,(H,79,80)(H,81,82)/t66?,67?,68-,69-/m1/s1. The third kappa shape index (κ3) is 65.4. The fourth-order valence-electron chi connectivity index (χ4n) is 11.0. The Morgan fingerprint density at radius 3 is 0.772 bits per heavy atom. The summed E-state index contributed by atoms with van der Waals surface area (Å²) in [5.41, 5.74) is 0. The lowest BCUT2D eigenvalue weighted by molar-refractivity contribution is -0.161. The Labute approximate surface area is 562 Å². The number of unbranched alkanes of at least 4 members (excludes halogenated alkanes) is 35. The number of hydrogen-bond acceptors (Lipinski definition) is 15. The van der Waals surface area contributed by atoms with Crippen molar-refractivity contribution in [1.82, 2.24) is 0 Å². The monoisotopic (exact) mass is 1350 g/mol. The second kappa shape index (κ2) is 62.6. The van der Waals surface area contributed by atoms with Crippen LogP contribution >= 0.6 is 15.6 Å². The molecule has 0 fully saturated rings. The lowest BCUT2D eigenvalue weighted by Gasteiger charge is -2.21. The largest absolute Gasteiger partial charge is 0.472 e. The summed E-state index contributed by atoms with van der Waals surface area (Å²) in [5, 5.41) is 10.6. The molecule has 0 amide bonds. The molecule has 0 saturated heterocycles. The van der Waals surface area contributed by atoms with Crippen LogP contribution in [0.4, 0.5) is 0 Å². The van der Waals surface area contributed by atoms with Crippen molar-refractivity contribution in [2.45, 2.75) is 382 Å². The second-order valence-electron chi connectivity index (χ2n) is 28.0. The lowest BCUT2D eigenvalue weighted by Crippen LogP contribution is -2.30. The van der Waals surface area contributed by atoms with Gasteiger partial charge in [0, 0.05) is 25.7 Å². The summed E-state index contributed by atoms with van der Waals surface area (Å²) in [7, 11) is -9.91. The Morgan fingerprint density at radius 1 is 0.304 bits per heavy atom. The van der Waals surface area contributed by atoms with Crippen LogP contribution in [-0.4, -0.2) is 96.7 Å². The molecule has 0 rings (SSSR count). The fourth-order valence-corrected chi connectivity index (χ4v) is 12.6. The summed E-state index contributed by atoms with van der Waals surface area (Å²) < 4.78 is 68.4. The zero-order valence-electron chi connectivity index (χ0n) is 60.2. The molecule has 0 spiro atoms. The maximum Gasteiger partial charge on any atom is 0.472 e. The van der Waals surface area contributed by atoms with E-state index in [0.29, 0.717) is 31.6 Å². The highest BCUT2D eigenvalue weighted by Crippen LogP contribution is 2.45. The van der Waals surface area contributed by atoms with Crippen LogP contribution in [-0.2, 0) is 65.4 Å². The molecule has 546 valence electrons. The zero-order chi connectivity index (χ0) is 68.2. The third-order valence-corrected chi connectivity index (χ3v) is 19.1. The zero-order valence-corrected chi connectivity index (χ0v) is 62.0. The molecule has 0 saturated carbocycles. The van der Waals surface area contributed by atoms with Gasteiger partial charge in [-0.15, -0.1) is 0 Å². The summed E-state index contributed by atoms with van der Waals surface area (Å²) in [6.45, 7) is 14.1. The molecule has 0 bridgehead atoms. The molecule has 0 aliphatic carbocycles. The molecule has 0 heterocycles. The number of phosphoric acid groups is 2. The van der Waals surface area contributed by atoms with Gasteiger partial charge in [0.1, 0.15) is 19.3 Å². The number of ether oxygens (including phenoxy) is 4. The Hall–Kier alpha value is -1.94. The SMILES string of the molecule is CCC(C)CCCCCCCCCCC(=O)OC[C@H](COP(=O)(O)OCC(O)COP(=O)(O)OC[C@@H](COC(=O)CCCCCCCCCC(C)C)OC(=O)CCCCCCCCCCCCC(C)C)OC(=O)CCCCCCCCCCCCCCCCC(C)C. The maximum atomic E-state index is 13.1. The van der Waals surface area contributed by atoms with Gasteiger partial charge in [-0.1, -0.05) is 312 Å². The molecule has 0 aromatic rings. The van der Waals surface area contributed by atoms with Gasteiger partial charge in [0.15, 0.2) is 12.2 Å². The number of aliphatic hydroxyl groups is 1. The number of hydrogen-bond donors (Lipinski definition) is 3. The molecule has 0 radical (unpaired) electrons. The highest BCUT2D eigenvalue weighted by Gasteiger charge is 2.30. The van der Waals surface area contributed by atoms with E-state index in [4.69, 9.17) is 37.0 Å². The van der Waals surface area contributed by atoms with Crippen molar-refractivity contribution in [3.8, 4) is 0 Å². The Bertz CT molecular complexity index is 1820. The lowest BCUT2D eigenvalue weighted by atomic mass is 9.99. The van der Waals surface area contributed by atoms with Gasteiger partial charge in [-0.25, -0.2) is 9.13 Å². The minimum Gasteiger partial charge on any atom is -0.462 e. The van der Waals surface area contributed by atoms with E-state index in [2.05, 4.69) is 55.4 Å². The molecule has 4 unspecified atom stereocenters. The molecule has 0 aromatic carbocycles. The summed E-state index contributed by atoms with van der Waals surface area (Å²) in [6.07, 6.45) is 45.8. The minimum atomic E-state index is -4.96. The maximum absolute atomic E-state index is 13.1. The van der Waals surface area contributed by atoms with E-state index in [1.807, 2.05) is 0 Å². The van der Waals surface area contributed by atoms with Crippen molar-refractivity contribution in [2.24, 2.45) is 23.7 Å². The van der Waals surface area contributed by atoms with E-state index in [-0.39, 0.29) is 25.7 Å². The average molecular weight is 1350 g/mol. The van der Waals surface area contributed by atoms with Crippen LogP contribution in [0.2, 0.25) is 0 Å². The first-order valence-electron chi connectivity index (χ1n) is 37.7. The van der Waals surface area contributed by atoms with Crippen molar-refractivity contribution in [3.05, 3.63) is 0 Å². The first kappa shape index (κ1) is 90.1. The quantitative estimate of drug-likeness (QED) is 0.0222. The van der Waals surface area contributed by atoms with Gasteiger partial charge < -0.3 is 33.8 Å². The molecule has 3 N–H and O–H groups in total. The Morgan fingerprint density at radius 2 is 0.522 bits per heavy atom. The number of esters is 4. The van der Waals surface area contributed by atoms with Gasteiger partial charge in [0.25, 0.3) is 0 Å². The van der Waals surface area contributed by atoms with Gasteiger partial charge in [0.2, 0.25) is 0 Å². The fraction of sp³-hybridized carbons (Fsp3) is 0.945. The van der Waals surface area contributed by atoms with E-state index in [1.165, 1.54) is 161 Å². The molecule has 6 atom stereocenters. The normalized spacial score (nSPS) is 14.5. The summed E-state index contributed by atoms with van der Waals surface area (Å²) in [4.78, 5) is 72.7. The average Bonchev–Trinajstić information content (AvgIpc) is 2.69. The van der Waals surface area contributed by atoms with Crippen LogP contribution in [0, 0.1) is 23.7 Å². The van der Waals surface area contributed by atoms with Crippen LogP contribution in [0.3, 0.4) is 0 Å². The first-order chi connectivity index (χ1) is 44.1. The number of carbonyl (C=O) groups is 4. The highest BCUT2D eigenvalue weighted by molar-refractivity contribution is 7.47. The predicted octanol–water partition coefficient (Wildman–Crippen LogP) is 20.9. The van der Waals surface area contributed by atoms with E-state index < -0.39 is 97.5 Å². The topological polar surface area (TPSA) is 237 Å². The van der Waals surface area contributed by atoms with Gasteiger partial charge in [-0.3, -0.25) is 37.3 Å². The van der Waals surface area contributed by atoms with Gasteiger partial charge in [-0.2, -0.15) is 0 Å². The van der Waals surface area contributed by atoms with Gasteiger partial charge in [0.05, 0.1) is 26.4 Å². The van der Waals surface area contributed by atoms with Crippen molar-refractivity contribution < 1.29 is 80.2 Å². The molecule has 0 aromatic heterocycles. The van der Waals surface area contributed by atoms with Crippen molar-refractivity contribution >= 4 is 39.5 Å². The van der Waals surface area contributed by atoms with Crippen molar-refractivity contribution in [1.29, 1.82) is 0 Å². The molecular formula is C73H142O17P2. The van der Waals surface area contributed by atoms with Crippen LogP contribution in [0.25, 0.3) is 0 Å². The summed E-state index contributed by atoms with van der Waals surface area (Å²) in [5.74, 6) is 0.904. The van der Waals surface area contributed by atoms with Gasteiger partial charge in [-0.05, 0) is 49.4 Å². The molecule has 0 aliphatic heterocycles. The molecule has 0 aliphatic rings. The van der Waals surface area contributed by atoms with Crippen LogP contribution in [0.1, 0.15) is 364 Å². The van der Waals surface area contributed by atoms with Crippen LogP contribution < -0.4 is 0 Å². The van der Waals surface area contributed by atoms with Crippen molar-refractivity contribution in [2.75, 3.05) is 39.6 Å².